The van der Waals surface area contributed by atoms with Crippen LogP contribution in [0.1, 0.15) is 45.4 Å². The Bertz CT molecular complexity index is 735. The van der Waals surface area contributed by atoms with Crippen LogP contribution in [0.25, 0.3) is 5.52 Å². The van der Waals surface area contributed by atoms with Crippen molar-refractivity contribution in [2.75, 3.05) is 25.9 Å². The smallest absolute Gasteiger partial charge is 0.257 e. The summed E-state index contributed by atoms with van der Waals surface area (Å²) in [6, 6.07) is 5.36. The van der Waals surface area contributed by atoms with E-state index in [1.54, 1.807) is 0 Å². The van der Waals surface area contributed by atoms with E-state index >= 15 is 0 Å². The van der Waals surface area contributed by atoms with Gasteiger partial charge >= 0.3 is 0 Å². The van der Waals surface area contributed by atoms with Gasteiger partial charge in [-0.05, 0) is 58.6 Å². The molecule has 0 aromatic carbocycles. The van der Waals surface area contributed by atoms with E-state index in [4.69, 9.17) is 10.5 Å². The van der Waals surface area contributed by atoms with Crippen molar-refractivity contribution in [3.63, 3.8) is 0 Å². The van der Waals surface area contributed by atoms with Crippen molar-refractivity contribution in [1.82, 2.24) is 9.61 Å². The lowest BCUT2D eigenvalue weighted by Gasteiger charge is -2.42. The molecule has 5 nitrogen and oxygen atoms in total. The molecule has 0 fully saturated rings. The predicted octanol–water partition coefficient (Wildman–Crippen LogP) is 0.473. The van der Waals surface area contributed by atoms with Crippen LogP contribution < -0.4 is 22.9 Å². The first-order chi connectivity index (χ1) is 11.3. The average Bonchev–Trinajstić information content (AvgIpc) is 3.12. The highest BCUT2D eigenvalue weighted by Crippen LogP contribution is 2.31. The lowest BCUT2D eigenvalue weighted by molar-refractivity contribution is -0.949. The molecule has 3 rings (SSSR count). The highest BCUT2D eigenvalue weighted by atomic mass is 35.5. The zero-order valence-electron chi connectivity index (χ0n) is 16.5. The Labute approximate surface area is 169 Å². The second kappa shape index (κ2) is 8.68. The summed E-state index contributed by atoms with van der Waals surface area (Å²) >= 11 is 0. The number of quaternary nitrogens is 1. The molecule has 2 aromatic rings. The van der Waals surface area contributed by atoms with Gasteiger partial charge in [-0.1, -0.05) is 6.07 Å². The number of hydrogen-bond acceptors (Lipinski definition) is 3. The van der Waals surface area contributed by atoms with E-state index in [9.17, 15) is 0 Å². The molecule has 0 bridgehead atoms. The zero-order chi connectivity index (χ0) is 17.5. The highest BCUT2D eigenvalue weighted by molar-refractivity contribution is 5.85. The van der Waals surface area contributed by atoms with Crippen molar-refractivity contribution < 1.29 is 21.6 Å². The third-order valence-corrected chi connectivity index (χ3v) is 6.03. The molecule has 0 radical (unpaired) electrons. The fourth-order valence-corrected chi connectivity index (χ4v) is 3.70. The fourth-order valence-electron chi connectivity index (χ4n) is 3.70. The van der Waals surface area contributed by atoms with Gasteiger partial charge in [0.05, 0.1) is 24.6 Å². The number of ether oxygens (including phenoxy) is 1. The van der Waals surface area contributed by atoms with Crippen molar-refractivity contribution in [3.05, 3.63) is 23.4 Å². The van der Waals surface area contributed by atoms with Gasteiger partial charge in [0.15, 0.2) is 0 Å². The summed E-state index contributed by atoms with van der Waals surface area (Å²) in [5, 5.41) is 4.66. The van der Waals surface area contributed by atoms with Crippen LogP contribution in [0.2, 0.25) is 0 Å². The van der Waals surface area contributed by atoms with E-state index in [2.05, 4.69) is 52.0 Å². The first kappa shape index (κ1) is 22.9. The number of aryl methyl sites for hydroxylation is 2. The van der Waals surface area contributed by atoms with Gasteiger partial charge in [-0.15, -0.1) is 17.5 Å². The number of likely N-dealkylation sites (N-methyl/N-ethyl adjacent to an activating group) is 1. The van der Waals surface area contributed by atoms with Crippen LogP contribution in [0.4, 0.5) is 5.69 Å². The third-order valence-electron chi connectivity index (χ3n) is 6.03. The fraction of sp³-hybridized carbons (Fsp3) is 0.632. The number of fused-ring (bicyclic) bond motifs is 3. The number of nitrogen functional groups attached to an aromatic ring is 1. The molecule has 2 aromatic heterocycles. The molecule has 7 heteroatoms. The van der Waals surface area contributed by atoms with E-state index < -0.39 is 0 Å². The number of nitrogens with two attached hydrogens (primary N) is 1. The number of rotatable bonds is 6. The summed E-state index contributed by atoms with van der Waals surface area (Å²) in [4.78, 5) is 0. The van der Waals surface area contributed by atoms with Crippen LogP contribution in [0.5, 0.6) is 5.88 Å². The van der Waals surface area contributed by atoms with E-state index in [-0.39, 0.29) is 24.8 Å². The number of hydrogen-bond donors (Lipinski definition) is 1. The van der Waals surface area contributed by atoms with Crippen molar-refractivity contribution in [3.8, 4) is 5.88 Å². The van der Waals surface area contributed by atoms with Crippen LogP contribution in [0, 0.1) is 0 Å². The largest absolute Gasteiger partial charge is 1.00 e. The van der Waals surface area contributed by atoms with Gasteiger partial charge in [0.1, 0.15) is 18.8 Å². The molecule has 2 heterocycles. The maximum Gasteiger partial charge on any atom is 0.257 e. The number of aromatic nitrogens is 2. The lowest BCUT2D eigenvalue weighted by Crippen LogP contribution is -3.00. The molecular weight excluding hydrogens is 371 g/mol. The molecule has 0 spiro atoms. The van der Waals surface area contributed by atoms with E-state index in [0.29, 0.717) is 30.3 Å². The summed E-state index contributed by atoms with van der Waals surface area (Å²) in [5.74, 6) is 0.578. The minimum atomic E-state index is 0. The molecule has 2 N–H and O–H groups in total. The van der Waals surface area contributed by atoms with Gasteiger partial charge in [-0.2, -0.15) is 0 Å². The normalized spacial score (nSPS) is 13.7. The Balaban J connectivity index is 0.00000169. The molecule has 0 unspecified atom stereocenters. The summed E-state index contributed by atoms with van der Waals surface area (Å²) < 4.78 is 8.97. The number of pyridine rings is 1. The highest BCUT2D eigenvalue weighted by Gasteiger charge is 2.29. The molecule has 0 aliphatic heterocycles. The second-order valence-corrected chi connectivity index (χ2v) is 7.78. The van der Waals surface area contributed by atoms with Crippen molar-refractivity contribution in [2.45, 2.75) is 59.0 Å². The van der Waals surface area contributed by atoms with Crippen LogP contribution in [-0.4, -0.2) is 46.4 Å². The Morgan fingerprint density at radius 3 is 2.46 bits per heavy atom. The molecule has 148 valence electrons. The van der Waals surface area contributed by atoms with Crippen molar-refractivity contribution >= 4 is 23.6 Å². The Hall–Kier alpha value is -1.17. The second-order valence-electron chi connectivity index (χ2n) is 7.78. The molecule has 0 atom stereocenters. The summed E-state index contributed by atoms with van der Waals surface area (Å²) in [6.07, 6.45) is 3.41. The van der Waals surface area contributed by atoms with E-state index in [1.807, 2.05) is 4.52 Å². The van der Waals surface area contributed by atoms with Gasteiger partial charge < -0.3 is 27.4 Å². The lowest BCUT2D eigenvalue weighted by atomic mass is 10.1. The summed E-state index contributed by atoms with van der Waals surface area (Å²) in [7, 11) is 2.29. The molecular formula is C19H32Cl2N4O. The summed E-state index contributed by atoms with van der Waals surface area (Å²) in [5.41, 5.74) is 10.6. The number of nitrogens with zero attached hydrogens (tertiary/aromatic N) is 3. The standard InChI is InChI=1S/C19H31N4O.2ClH/c1-13(2)23(5,14(3)4)11-12-24-19-18(20)17-10-9-15-7-6-8-16(15)22(17)21-19;;/h9-10,13-14H,6-8,11-12,20H2,1-5H3;2*1H/q+1;;/p-1. The van der Waals surface area contributed by atoms with Crippen LogP contribution in [-0.2, 0) is 12.8 Å². The minimum Gasteiger partial charge on any atom is -1.00 e. The minimum absolute atomic E-state index is 0. The van der Waals surface area contributed by atoms with Gasteiger partial charge in [0.2, 0.25) is 0 Å². The molecule has 0 saturated heterocycles. The van der Waals surface area contributed by atoms with Crippen molar-refractivity contribution in [1.29, 1.82) is 0 Å². The molecule has 0 saturated carbocycles. The topological polar surface area (TPSA) is 52.5 Å². The predicted molar refractivity (Wildman–Crippen MR) is 106 cm³/mol. The first-order valence-electron chi connectivity index (χ1n) is 9.11. The number of halogens is 2. The Morgan fingerprint density at radius 1 is 1.19 bits per heavy atom. The van der Waals surface area contributed by atoms with Crippen LogP contribution >= 0.6 is 12.4 Å². The van der Waals surface area contributed by atoms with Gasteiger partial charge in [0.25, 0.3) is 5.88 Å². The van der Waals surface area contributed by atoms with Gasteiger partial charge in [0, 0.05) is 5.69 Å². The molecule has 0 amide bonds. The van der Waals surface area contributed by atoms with Crippen molar-refractivity contribution in [2.24, 2.45) is 0 Å². The van der Waals surface area contributed by atoms with Crippen LogP contribution in [0.15, 0.2) is 12.1 Å². The monoisotopic (exact) mass is 402 g/mol. The van der Waals surface area contributed by atoms with E-state index in [0.717, 1.165) is 29.4 Å². The SMILES string of the molecule is CC(C)[N+](C)(CCOc1nn2c3c(ccc2c1N)CCC3)C(C)C.Cl.[Cl-]. The molecule has 1 aliphatic carbocycles. The number of anilines is 1. The van der Waals surface area contributed by atoms with Gasteiger partial charge in [-0.25, -0.2) is 4.52 Å². The van der Waals surface area contributed by atoms with E-state index in [1.165, 1.54) is 17.7 Å². The first-order valence-corrected chi connectivity index (χ1v) is 9.11. The van der Waals surface area contributed by atoms with Gasteiger partial charge in [-0.3, -0.25) is 0 Å². The Morgan fingerprint density at radius 2 is 1.85 bits per heavy atom. The quantitative estimate of drug-likeness (QED) is 0.714. The third kappa shape index (κ3) is 3.90. The summed E-state index contributed by atoms with van der Waals surface area (Å²) in [6.45, 7) is 10.6. The molecule has 26 heavy (non-hydrogen) atoms. The zero-order valence-corrected chi connectivity index (χ0v) is 18.0. The Kier molecular flexibility index (Phi) is 7.63. The average molecular weight is 403 g/mol. The maximum absolute atomic E-state index is 6.29. The molecule has 1 aliphatic rings. The maximum atomic E-state index is 6.29. The van der Waals surface area contributed by atoms with Crippen LogP contribution in [0.3, 0.4) is 0 Å².